The van der Waals surface area contributed by atoms with Crippen LogP contribution in [0.3, 0.4) is 0 Å². The zero-order valence-corrected chi connectivity index (χ0v) is 12.6. The van der Waals surface area contributed by atoms with Crippen LogP contribution in [0.15, 0.2) is 42.5 Å². The lowest BCUT2D eigenvalue weighted by atomic mass is 10.1. The van der Waals surface area contributed by atoms with Crippen LogP contribution >= 0.6 is 23.2 Å². The predicted octanol–water partition coefficient (Wildman–Crippen LogP) is 6.06. The molecule has 0 fully saturated rings. The molecule has 0 N–H and O–H groups in total. The van der Waals surface area contributed by atoms with Crippen molar-refractivity contribution < 1.29 is 4.39 Å². The van der Waals surface area contributed by atoms with E-state index in [0.717, 1.165) is 16.7 Å². The lowest BCUT2D eigenvalue weighted by Gasteiger charge is -2.04. The first kappa shape index (κ1) is 15.1. The Morgan fingerprint density at radius 2 is 1.70 bits per heavy atom. The minimum atomic E-state index is -0.841. The van der Waals surface area contributed by atoms with E-state index in [1.54, 1.807) is 19.1 Å². The number of alkyl halides is 1. The summed E-state index contributed by atoms with van der Waals surface area (Å²) in [5.41, 5.74) is 2.77. The molecule has 0 aliphatic carbocycles. The van der Waals surface area contributed by atoms with E-state index >= 15 is 0 Å². The van der Waals surface area contributed by atoms with Crippen LogP contribution in [0, 0.1) is 0 Å². The van der Waals surface area contributed by atoms with E-state index in [9.17, 15) is 4.39 Å². The van der Waals surface area contributed by atoms with Crippen LogP contribution in [0.25, 0.3) is 12.2 Å². The molecule has 0 saturated carbocycles. The molecule has 0 unspecified atom stereocenters. The molecule has 20 heavy (non-hydrogen) atoms. The topological polar surface area (TPSA) is 0 Å². The molecule has 0 heterocycles. The number of hydrogen-bond acceptors (Lipinski definition) is 0. The van der Waals surface area contributed by atoms with E-state index in [1.807, 2.05) is 42.5 Å². The minimum absolute atomic E-state index is 0.425. The van der Waals surface area contributed by atoms with E-state index in [1.165, 1.54) is 0 Å². The molecule has 104 valence electrons. The van der Waals surface area contributed by atoms with Crippen LogP contribution in [0.5, 0.6) is 0 Å². The summed E-state index contributed by atoms with van der Waals surface area (Å²) in [6.45, 7) is 1.56. The predicted molar refractivity (Wildman–Crippen MR) is 86.1 cm³/mol. The van der Waals surface area contributed by atoms with Gasteiger partial charge in [0.15, 0.2) is 0 Å². The van der Waals surface area contributed by atoms with Crippen molar-refractivity contribution in [1.82, 2.24) is 0 Å². The highest BCUT2D eigenvalue weighted by Crippen LogP contribution is 2.26. The zero-order chi connectivity index (χ0) is 14.5. The van der Waals surface area contributed by atoms with Gasteiger partial charge in [-0.05, 0) is 30.2 Å². The van der Waals surface area contributed by atoms with E-state index in [4.69, 9.17) is 23.2 Å². The average molecular weight is 309 g/mol. The van der Waals surface area contributed by atoms with Crippen molar-refractivity contribution in [2.75, 3.05) is 0 Å². The molecule has 1 atom stereocenters. The normalized spacial score (nSPS) is 12.8. The second kappa shape index (κ2) is 6.92. The first-order chi connectivity index (χ1) is 9.56. The van der Waals surface area contributed by atoms with Gasteiger partial charge >= 0.3 is 0 Å². The SMILES string of the molecule is C[C@H](F)Cc1cccc(/C=C/c2c(Cl)cccc2Cl)c1. The Hall–Kier alpha value is -1.31. The fraction of sp³-hybridized carbons (Fsp3) is 0.176. The molecular formula is C17H15Cl2F. The first-order valence-electron chi connectivity index (χ1n) is 6.41. The molecule has 0 amide bonds. The fourth-order valence-electron chi connectivity index (χ4n) is 2.00. The lowest BCUT2D eigenvalue weighted by Crippen LogP contribution is -1.98. The molecule has 0 bridgehead atoms. The third kappa shape index (κ3) is 4.09. The van der Waals surface area contributed by atoms with Gasteiger partial charge < -0.3 is 0 Å². The van der Waals surface area contributed by atoms with Crippen molar-refractivity contribution in [3.05, 3.63) is 69.2 Å². The fourth-order valence-corrected chi connectivity index (χ4v) is 2.52. The van der Waals surface area contributed by atoms with Crippen LogP contribution in [0.2, 0.25) is 10.0 Å². The molecule has 2 aromatic carbocycles. The monoisotopic (exact) mass is 308 g/mol. The smallest absolute Gasteiger partial charge is 0.101 e. The van der Waals surface area contributed by atoms with Crippen molar-refractivity contribution in [2.24, 2.45) is 0 Å². The minimum Gasteiger partial charge on any atom is -0.247 e. The molecular weight excluding hydrogens is 294 g/mol. The second-order valence-electron chi connectivity index (χ2n) is 4.70. The van der Waals surface area contributed by atoms with Crippen LogP contribution in [0.1, 0.15) is 23.6 Å². The van der Waals surface area contributed by atoms with Gasteiger partial charge in [-0.1, -0.05) is 65.7 Å². The van der Waals surface area contributed by atoms with Gasteiger partial charge in [-0.2, -0.15) is 0 Å². The van der Waals surface area contributed by atoms with Crippen LogP contribution < -0.4 is 0 Å². The molecule has 0 radical (unpaired) electrons. The Labute approximate surface area is 128 Å². The summed E-state index contributed by atoms with van der Waals surface area (Å²) in [5.74, 6) is 0. The van der Waals surface area contributed by atoms with Gasteiger partial charge in [0.1, 0.15) is 6.17 Å². The summed E-state index contributed by atoms with van der Waals surface area (Å²) in [7, 11) is 0. The molecule has 2 aromatic rings. The maximum Gasteiger partial charge on any atom is 0.101 e. The third-order valence-corrected chi connectivity index (χ3v) is 3.57. The van der Waals surface area contributed by atoms with Gasteiger partial charge in [0, 0.05) is 22.0 Å². The van der Waals surface area contributed by atoms with Crippen LogP contribution in [-0.2, 0) is 6.42 Å². The summed E-state index contributed by atoms with van der Waals surface area (Å²) in [4.78, 5) is 0. The Balaban J connectivity index is 2.23. The number of benzene rings is 2. The summed E-state index contributed by atoms with van der Waals surface area (Å²) in [6.07, 6.45) is 3.39. The van der Waals surface area contributed by atoms with Gasteiger partial charge in [-0.15, -0.1) is 0 Å². The van der Waals surface area contributed by atoms with Crippen LogP contribution in [0.4, 0.5) is 4.39 Å². The number of halogens is 3. The van der Waals surface area contributed by atoms with Crippen LogP contribution in [-0.4, -0.2) is 6.17 Å². The molecule has 0 aliphatic rings. The molecule has 0 nitrogen and oxygen atoms in total. The van der Waals surface area contributed by atoms with Crippen molar-refractivity contribution in [3.8, 4) is 0 Å². The van der Waals surface area contributed by atoms with Crippen molar-refractivity contribution in [3.63, 3.8) is 0 Å². The highest BCUT2D eigenvalue weighted by Gasteiger charge is 2.02. The average Bonchev–Trinajstić information content (AvgIpc) is 2.38. The van der Waals surface area contributed by atoms with E-state index in [2.05, 4.69) is 0 Å². The van der Waals surface area contributed by atoms with Crippen molar-refractivity contribution >= 4 is 35.4 Å². The van der Waals surface area contributed by atoms with E-state index in [-0.39, 0.29) is 0 Å². The largest absolute Gasteiger partial charge is 0.247 e. The second-order valence-corrected chi connectivity index (χ2v) is 5.51. The molecule has 2 rings (SSSR count). The first-order valence-corrected chi connectivity index (χ1v) is 7.17. The van der Waals surface area contributed by atoms with E-state index in [0.29, 0.717) is 16.5 Å². The van der Waals surface area contributed by atoms with Crippen molar-refractivity contribution in [2.45, 2.75) is 19.5 Å². The summed E-state index contributed by atoms with van der Waals surface area (Å²) >= 11 is 12.2. The Bertz CT molecular complexity index is 598. The molecule has 0 aliphatic heterocycles. The van der Waals surface area contributed by atoms with Gasteiger partial charge in [-0.3, -0.25) is 0 Å². The summed E-state index contributed by atoms with van der Waals surface area (Å²) in [6, 6.07) is 13.2. The maximum atomic E-state index is 13.0. The highest BCUT2D eigenvalue weighted by atomic mass is 35.5. The van der Waals surface area contributed by atoms with Gasteiger partial charge in [0.25, 0.3) is 0 Å². The Kier molecular flexibility index (Phi) is 5.22. The van der Waals surface area contributed by atoms with E-state index < -0.39 is 6.17 Å². The zero-order valence-electron chi connectivity index (χ0n) is 11.1. The third-order valence-electron chi connectivity index (χ3n) is 2.91. The summed E-state index contributed by atoms with van der Waals surface area (Å²) < 4.78 is 13.0. The number of rotatable bonds is 4. The van der Waals surface area contributed by atoms with Crippen molar-refractivity contribution in [1.29, 1.82) is 0 Å². The van der Waals surface area contributed by atoms with Gasteiger partial charge in [0.05, 0.1) is 0 Å². The molecule has 0 spiro atoms. The molecule has 0 aromatic heterocycles. The van der Waals surface area contributed by atoms with Gasteiger partial charge in [0.2, 0.25) is 0 Å². The van der Waals surface area contributed by atoms with Gasteiger partial charge in [-0.25, -0.2) is 4.39 Å². The number of hydrogen-bond donors (Lipinski definition) is 0. The lowest BCUT2D eigenvalue weighted by molar-refractivity contribution is 0.360. The maximum absolute atomic E-state index is 13.0. The Morgan fingerprint density at radius 3 is 2.35 bits per heavy atom. The standard InChI is InChI=1S/C17H15Cl2F/c1-12(20)10-14-5-2-4-13(11-14)8-9-15-16(18)6-3-7-17(15)19/h2-9,11-12H,10H2,1H3/b9-8+/t12-/m0/s1. The Morgan fingerprint density at radius 1 is 1.05 bits per heavy atom. The molecule has 3 heteroatoms. The molecule has 0 saturated heterocycles. The highest BCUT2D eigenvalue weighted by molar-refractivity contribution is 6.37. The quantitative estimate of drug-likeness (QED) is 0.602. The summed E-state index contributed by atoms with van der Waals surface area (Å²) in [5, 5.41) is 1.23.